The van der Waals surface area contributed by atoms with Crippen molar-refractivity contribution in [3.05, 3.63) is 22.2 Å². The van der Waals surface area contributed by atoms with Crippen LogP contribution in [0, 0.1) is 10.1 Å². The molecule has 6 heteroatoms. The Bertz CT molecular complexity index is 354. The third-order valence-corrected chi connectivity index (χ3v) is 1.91. The first-order valence-electron chi connectivity index (χ1n) is 3.37. The van der Waals surface area contributed by atoms with Crippen molar-refractivity contribution in [2.45, 2.75) is 4.90 Å². The summed E-state index contributed by atoms with van der Waals surface area (Å²) in [5.74, 6) is 0.367. The smallest absolute Gasteiger partial charge is 0.296 e. The van der Waals surface area contributed by atoms with E-state index in [1.165, 1.54) is 19.2 Å². The van der Waals surface area contributed by atoms with E-state index >= 15 is 0 Å². The summed E-state index contributed by atoms with van der Waals surface area (Å²) >= 11 is 3.98. The second kappa shape index (κ2) is 3.53. The van der Waals surface area contributed by atoms with E-state index in [0.717, 1.165) is 0 Å². The molecule has 0 unspecified atom stereocenters. The van der Waals surface area contributed by atoms with Gasteiger partial charge in [0.25, 0.3) is 5.69 Å². The summed E-state index contributed by atoms with van der Waals surface area (Å²) in [6.07, 6.45) is 0. The van der Waals surface area contributed by atoms with Gasteiger partial charge in [-0.05, 0) is 6.07 Å². The van der Waals surface area contributed by atoms with E-state index in [4.69, 9.17) is 10.5 Å². The molecule has 1 rings (SSSR count). The van der Waals surface area contributed by atoms with E-state index in [1.54, 1.807) is 0 Å². The number of nitro groups is 1. The predicted molar refractivity (Wildman–Crippen MR) is 51.3 cm³/mol. The summed E-state index contributed by atoms with van der Waals surface area (Å²) in [5, 5.41) is 10.5. The molecule has 1 aromatic carbocycles. The normalized spacial score (nSPS) is 9.69. The first-order chi connectivity index (χ1) is 6.06. The maximum atomic E-state index is 10.5. The van der Waals surface area contributed by atoms with Crippen LogP contribution in [0.5, 0.6) is 5.75 Å². The number of benzene rings is 1. The van der Waals surface area contributed by atoms with Crippen LogP contribution in [0.1, 0.15) is 0 Å². The highest BCUT2D eigenvalue weighted by Gasteiger charge is 2.15. The second-order valence-corrected chi connectivity index (χ2v) is 2.82. The number of nitrogen functional groups attached to an aromatic ring is 1. The zero-order chi connectivity index (χ0) is 10.0. The van der Waals surface area contributed by atoms with E-state index in [0.29, 0.717) is 10.6 Å². The van der Waals surface area contributed by atoms with Gasteiger partial charge in [0.05, 0.1) is 18.1 Å². The molecule has 0 saturated heterocycles. The highest BCUT2D eigenvalue weighted by atomic mass is 32.1. The largest absolute Gasteiger partial charge is 0.496 e. The summed E-state index contributed by atoms with van der Waals surface area (Å²) in [6, 6.07) is 2.78. The number of hydrogen-bond acceptors (Lipinski definition) is 5. The van der Waals surface area contributed by atoms with Crippen LogP contribution < -0.4 is 10.5 Å². The van der Waals surface area contributed by atoms with Crippen LogP contribution in [0.2, 0.25) is 0 Å². The van der Waals surface area contributed by atoms with Crippen molar-refractivity contribution in [1.82, 2.24) is 0 Å². The van der Waals surface area contributed by atoms with Crippen molar-refractivity contribution in [2.75, 3.05) is 12.8 Å². The topological polar surface area (TPSA) is 78.4 Å². The monoisotopic (exact) mass is 200 g/mol. The lowest BCUT2D eigenvalue weighted by atomic mass is 10.2. The minimum atomic E-state index is -0.572. The third kappa shape index (κ3) is 1.83. The zero-order valence-corrected chi connectivity index (χ0v) is 7.75. The fourth-order valence-electron chi connectivity index (χ4n) is 0.867. The van der Waals surface area contributed by atoms with E-state index < -0.39 is 4.92 Å². The first-order valence-corrected chi connectivity index (χ1v) is 3.82. The molecule has 0 bridgehead atoms. The average molecular weight is 200 g/mol. The summed E-state index contributed by atoms with van der Waals surface area (Å²) in [4.78, 5) is 10.2. The number of nitrogens with zero attached hydrogens (tertiary/aromatic N) is 1. The fraction of sp³-hybridized carbons (Fsp3) is 0.143. The Morgan fingerprint density at radius 1 is 1.62 bits per heavy atom. The van der Waals surface area contributed by atoms with Crippen molar-refractivity contribution >= 4 is 24.0 Å². The van der Waals surface area contributed by atoms with Crippen molar-refractivity contribution < 1.29 is 9.66 Å². The molecule has 0 aliphatic carbocycles. The number of anilines is 1. The molecule has 0 radical (unpaired) electrons. The van der Waals surface area contributed by atoms with Gasteiger partial charge in [0.2, 0.25) is 0 Å². The molecular weight excluding hydrogens is 192 g/mol. The van der Waals surface area contributed by atoms with Crippen molar-refractivity contribution in [3.8, 4) is 5.75 Å². The minimum absolute atomic E-state index is 0.0501. The quantitative estimate of drug-likeness (QED) is 0.328. The molecule has 1 aromatic rings. The van der Waals surface area contributed by atoms with Crippen LogP contribution in [0.4, 0.5) is 11.4 Å². The highest BCUT2D eigenvalue weighted by molar-refractivity contribution is 7.80. The molecule has 0 aliphatic heterocycles. The third-order valence-electron chi connectivity index (χ3n) is 1.54. The number of nitro benzene ring substituents is 1. The number of methoxy groups -OCH3 is 1. The van der Waals surface area contributed by atoms with Crippen LogP contribution >= 0.6 is 12.6 Å². The van der Waals surface area contributed by atoms with Gasteiger partial charge in [-0.15, -0.1) is 12.6 Å². The molecule has 13 heavy (non-hydrogen) atoms. The zero-order valence-electron chi connectivity index (χ0n) is 6.85. The highest BCUT2D eigenvalue weighted by Crippen LogP contribution is 2.32. The molecule has 0 heterocycles. The molecule has 0 atom stereocenters. The lowest BCUT2D eigenvalue weighted by Crippen LogP contribution is -1.97. The second-order valence-electron chi connectivity index (χ2n) is 2.34. The molecule has 0 aromatic heterocycles. The van der Waals surface area contributed by atoms with Gasteiger partial charge < -0.3 is 10.5 Å². The molecule has 5 nitrogen and oxygen atoms in total. The van der Waals surface area contributed by atoms with Gasteiger partial charge in [-0.1, -0.05) is 0 Å². The minimum Gasteiger partial charge on any atom is -0.496 e. The van der Waals surface area contributed by atoms with Gasteiger partial charge >= 0.3 is 0 Å². The molecular formula is C7H8N2O3S. The summed E-state index contributed by atoms with van der Waals surface area (Å²) in [7, 11) is 1.42. The Morgan fingerprint density at radius 2 is 2.23 bits per heavy atom. The Balaban J connectivity index is 3.33. The van der Waals surface area contributed by atoms with Crippen molar-refractivity contribution in [2.24, 2.45) is 0 Å². The molecule has 2 N–H and O–H groups in total. The van der Waals surface area contributed by atoms with Crippen LogP contribution in [0.15, 0.2) is 17.0 Å². The van der Waals surface area contributed by atoms with E-state index in [-0.39, 0.29) is 11.4 Å². The number of nitrogens with two attached hydrogens (primary N) is 1. The SMILES string of the molecule is COc1cc(S)c(N)c([N+](=O)[O-])c1. The van der Waals surface area contributed by atoms with Crippen LogP contribution in [-0.4, -0.2) is 12.0 Å². The number of hydrogen-bond donors (Lipinski definition) is 2. The van der Waals surface area contributed by atoms with E-state index in [9.17, 15) is 10.1 Å². The van der Waals surface area contributed by atoms with Gasteiger partial charge in [-0.25, -0.2) is 0 Å². The lowest BCUT2D eigenvalue weighted by Gasteiger charge is -2.04. The van der Waals surface area contributed by atoms with Gasteiger partial charge in [0.15, 0.2) is 0 Å². The summed E-state index contributed by atoms with van der Waals surface area (Å²) in [5.41, 5.74) is 5.29. The average Bonchev–Trinajstić information content (AvgIpc) is 2.09. The molecule has 0 saturated carbocycles. The van der Waals surface area contributed by atoms with Crippen molar-refractivity contribution in [1.29, 1.82) is 0 Å². The Hall–Kier alpha value is -1.43. The Kier molecular flexibility index (Phi) is 2.62. The van der Waals surface area contributed by atoms with Crippen LogP contribution in [-0.2, 0) is 0 Å². The van der Waals surface area contributed by atoms with Gasteiger partial charge in [-0.3, -0.25) is 10.1 Å². The Labute approximate surface area is 80.1 Å². The number of rotatable bonds is 2. The van der Waals surface area contributed by atoms with Gasteiger partial charge in [-0.2, -0.15) is 0 Å². The number of thiol groups is 1. The maximum Gasteiger partial charge on any atom is 0.296 e. The lowest BCUT2D eigenvalue weighted by molar-refractivity contribution is -0.384. The predicted octanol–water partition coefficient (Wildman–Crippen LogP) is 1.47. The van der Waals surface area contributed by atoms with E-state index in [2.05, 4.69) is 12.6 Å². The van der Waals surface area contributed by atoms with Gasteiger partial charge in [0, 0.05) is 4.90 Å². The summed E-state index contributed by atoms with van der Waals surface area (Å²) < 4.78 is 4.83. The standard InChI is InChI=1S/C7H8N2O3S/c1-12-4-2-5(9(10)11)7(8)6(13)3-4/h2-3,13H,8H2,1H3. The van der Waals surface area contributed by atoms with Crippen LogP contribution in [0.3, 0.4) is 0 Å². The Morgan fingerprint density at radius 3 is 2.69 bits per heavy atom. The molecule has 0 aliphatic rings. The first kappa shape index (κ1) is 9.66. The van der Waals surface area contributed by atoms with Crippen molar-refractivity contribution in [3.63, 3.8) is 0 Å². The molecule has 0 spiro atoms. The molecule has 70 valence electrons. The summed E-state index contributed by atoms with van der Waals surface area (Å²) in [6.45, 7) is 0. The van der Waals surface area contributed by atoms with Gasteiger partial charge in [0.1, 0.15) is 11.4 Å². The molecule has 0 fully saturated rings. The van der Waals surface area contributed by atoms with Crippen LogP contribution in [0.25, 0.3) is 0 Å². The molecule has 0 amide bonds. The number of ether oxygens (including phenoxy) is 1. The maximum absolute atomic E-state index is 10.5. The van der Waals surface area contributed by atoms with E-state index in [1.807, 2.05) is 0 Å². The fourth-order valence-corrected chi connectivity index (χ4v) is 1.11.